The molecule has 3 aromatic heterocycles. The highest BCUT2D eigenvalue weighted by Gasteiger charge is 2.09. The van der Waals surface area contributed by atoms with E-state index in [9.17, 15) is 4.79 Å². The zero-order valence-electron chi connectivity index (χ0n) is 10.2. The minimum atomic E-state index is -0.339. The molecule has 0 aliphatic carbocycles. The molecule has 0 radical (unpaired) electrons. The Labute approximate surface area is 113 Å². The molecule has 0 saturated heterocycles. The maximum atomic E-state index is 11.9. The second kappa shape index (κ2) is 5.22. The highest BCUT2D eigenvalue weighted by molar-refractivity contribution is 6.02. The van der Waals surface area contributed by atoms with Gasteiger partial charge in [0, 0.05) is 18.1 Å². The van der Waals surface area contributed by atoms with E-state index in [1.165, 1.54) is 17.3 Å². The van der Waals surface area contributed by atoms with E-state index >= 15 is 0 Å². The van der Waals surface area contributed by atoms with Gasteiger partial charge in [0.2, 0.25) is 0 Å². The molecule has 0 bridgehead atoms. The maximum Gasteiger partial charge on any atom is 0.276 e. The van der Waals surface area contributed by atoms with Crippen LogP contribution in [0, 0.1) is 0 Å². The van der Waals surface area contributed by atoms with Crippen molar-refractivity contribution in [2.45, 2.75) is 0 Å². The fraction of sp³-hybridized carbons (Fsp3) is 0. The number of rotatable bonds is 3. The number of carbonyl (C=O) groups excluding carboxylic acids is 1. The van der Waals surface area contributed by atoms with E-state index in [2.05, 4.69) is 30.6 Å². The van der Waals surface area contributed by atoms with Crippen LogP contribution in [0.25, 0.3) is 5.82 Å². The molecule has 8 nitrogen and oxygen atoms in total. The molecule has 0 spiro atoms. The van der Waals surface area contributed by atoms with Crippen molar-refractivity contribution < 1.29 is 4.79 Å². The lowest BCUT2D eigenvalue weighted by Gasteiger charge is -2.04. The summed E-state index contributed by atoms with van der Waals surface area (Å²) in [6, 6.07) is 6.59. The highest BCUT2D eigenvalue weighted by atomic mass is 16.1. The third-order valence-electron chi connectivity index (χ3n) is 2.47. The van der Waals surface area contributed by atoms with Gasteiger partial charge in [-0.25, -0.2) is 9.67 Å². The van der Waals surface area contributed by atoms with Crippen LogP contribution in [0.5, 0.6) is 0 Å². The quantitative estimate of drug-likeness (QED) is 0.750. The topological polar surface area (TPSA) is 98.5 Å². The molecule has 3 aromatic rings. The minimum absolute atomic E-state index is 0.214. The first-order chi connectivity index (χ1) is 9.83. The van der Waals surface area contributed by atoms with E-state index in [-0.39, 0.29) is 11.6 Å². The monoisotopic (exact) mass is 267 g/mol. The molecule has 0 aliphatic rings. The third-order valence-corrected chi connectivity index (χ3v) is 2.47. The Hall–Kier alpha value is -3.16. The SMILES string of the molecule is O=C(Nc1ccncc1)c1ccc(-n2cncn2)nn1. The summed E-state index contributed by atoms with van der Waals surface area (Å²) in [6.45, 7) is 0. The Bertz CT molecular complexity index is 694. The molecule has 0 atom stereocenters. The van der Waals surface area contributed by atoms with Crippen LogP contribution in [0.2, 0.25) is 0 Å². The largest absolute Gasteiger partial charge is 0.320 e. The Morgan fingerprint density at radius 2 is 1.90 bits per heavy atom. The Kier molecular flexibility index (Phi) is 3.11. The van der Waals surface area contributed by atoms with Gasteiger partial charge in [-0.15, -0.1) is 10.2 Å². The van der Waals surface area contributed by atoms with Crippen LogP contribution in [0.15, 0.2) is 49.3 Å². The molecule has 0 saturated carbocycles. The summed E-state index contributed by atoms with van der Waals surface area (Å²) < 4.78 is 1.46. The van der Waals surface area contributed by atoms with Crippen molar-refractivity contribution in [2.75, 3.05) is 5.32 Å². The van der Waals surface area contributed by atoms with Gasteiger partial charge in [-0.1, -0.05) is 0 Å². The summed E-state index contributed by atoms with van der Waals surface area (Å²) in [5.41, 5.74) is 0.859. The molecule has 8 heteroatoms. The number of nitrogens with zero attached hydrogens (tertiary/aromatic N) is 6. The van der Waals surface area contributed by atoms with E-state index in [4.69, 9.17) is 0 Å². The van der Waals surface area contributed by atoms with Crippen LogP contribution in [0.4, 0.5) is 5.69 Å². The van der Waals surface area contributed by atoms with Crippen molar-refractivity contribution in [1.29, 1.82) is 0 Å². The van der Waals surface area contributed by atoms with Crippen LogP contribution in [0.1, 0.15) is 10.5 Å². The fourth-order valence-corrected chi connectivity index (χ4v) is 1.53. The van der Waals surface area contributed by atoms with Gasteiger partial charge in [-0.3, -0.25) is 9.78 Å². The number of amides is 1. The molecule has 3 rings (SSSR count). The maximum absolute atomic E-state index is 11.9. The normalized spacial score (nSPS) is 10.2. The summed E-state index contributed by atoms with van der Waals surface area (Å²) >= 11 is 0. The van der Waals surface area contributed by atoms with Crippen LogP contribution < -0.4 is 5.32 Å². The first-order valence-corrected chi connectivity index (χ1v) is 5.73. The minimum Gasteiger partial charge on any atom is -0.320 e. The first-order valence-electron chi connectivity index (χ1n) is 5.73. The van der Waals surface area contributed by atoms with E-state index in [0.29, 0.717) is 11.5 Å². The van der Waals surface area contributed by atoms with Gasteiger partial charge in [0.1, 0.15) is 12.7 Å². The van der Waals surface area contributed by atoms with Gasteiger partial charge < -0.3 is 5.32 Å². The molecular formula is C12H9N7O. The zero-order valence-corrected chi connectivity index (χ0v) is 10.2. The van der Waals surface area contributed by atoms with Crippen molar-refractivity contribution in [3.05, 3.63) is 55.0 Å². The van der Waals surface area contributed by atoms with E-state index in [1.807, 2.05) is 0 Å². The number of nitrogens with one attached hydrogen (secondary N) is 1. The summed E-state index contributed by atoms with van der Waals surface area (Å²) in [4.78, 5) is 19.6. The lowest BCUT2D eigenvalue weighted by Crippen LogP contribution is -2.15. The van der Waals surface area contributed by atoms with E-state index in [0.717, 1.165) is 0 Å². The highest BCUT2D eigenvalue weighted by Crippen LogP contribution is 2.06. The first kappa shape index (κ1) is 11.9. The predicted octanol–water partition coefficient (Wildman–Crippen LogP) is 0.705. The van der Waals surface area contributed by atoms with Gasteiger partial charge in [-0.2, -0.15) is 5.10 Å². The molecule has 3 heterocycles. The lowest BCUT2D eigenvalue weighted by molar-refractivity contribution is 0.102. The standard InChI is InChI=1S/C12H9N7O/c20-12(16-9-3-5-13-6-4-9)10-1-2-11(18-17-10)19-8-14-7-15-19/h1-8H,(H,13,16,20). The van der Waals surface area contributed by atoms with Crippen molar-refractivity contribution in [3.63, 3.8) is 0 Å². The zero-order chi connectivity index (χ0) is 13.8. The number of hydrogen-bond acceptors (Lipinski definition) is 6. The number of hydrogen-bond donors (Lipinski definition) is 1. The smallest absolute Gasteiger partial charge is 0.276 e. The van der Waals surface area contributed by atoms with Crippen LogP contribution >= 0.6 is 0 Å². The molecule has 0 fully saturated rings. The van der Waals surface area contributed by atoms with E-state index < -0.39 is 0 Å². The van der Waals surface area contributed by atoms with Crippen LogP contribution in [-0.4, -0.2) is 35.9 Å². The second-order valence-corrected chi connectivity index (χ2v) is 3.81. The van der Waals surface area contributed by atoms with Gasteiger partial charge in [-0.05, 0) is 24.3 Å². The van der Waals surface area contributed by atoms with Gasteiger partial charge in [0.25, 0.3) is 5.91 Å². The summed E-state index contributed by atoms with van der Waals surface area (Å²) in [5.74, 6) is 0.150. The molecule has 1 N–H and O–H groups in total. The average molecular weight is 267 g/mol. The van der Waals surface area contributed by atoms with Gasteiger partial charge in [0.05, 0.1) is 0 Å². The van der Waals surface area contributed by atoms with Gasteiger partial charge >= 0.3 is 0 Å². The molecule has 1 amide bonds. The predicted molar refractivity (Wildman–Crippen MR) is 69.1 cm³/mol. The molecule has 0 aromatic carbocycles. The number of carbonyl (C=O) groups is 1. The van der Waals surface area contributed by atoms with Crippen LogP contribution in [-0.2, 0) is 0 Å². The Morgan fingerprint density at radius 1 is 1.05 bits per heavy atom. The van der Waals surface area contributed by atoms with Crippen molar-refractivity contribution in [2.24, 2.45) is 0 Å². The Morgan fingerprint density at radius 3 is 2.55 bits per heavy atom. The fourth-order valence-electron chi connectivity index (χ4n) is 1.53. The van der Waals surface area contributed by atoms with Crippen molar-refractivity contribution in [3.8, 4) is 5.82 Å². The van der Waals surface area contributed by atoms with E-state index in [1.54, 1.807) is 36.7 Å². The molecule has 0 unspecified atom stereocenters. The summed E-state index contributed by atoms with van der Waals surface area (Å²) in [5, 5.41) is 14.4. The molecule has 20 heavy (non-hydrogen) atoms. The van der Waals surface area contributed by atoms with Crippen molar-refractivity contribution in [1.82, 2.24) is 29.9 Å². The number of pyridine rings is 1. The molecule has 0 aliphatic heterocycles. The second-order valence-electron chi connectivity index (χ2n) is 3.81. The Balaban J connectivity index is 1.76. The summed E-state index contributed by atoms with van der Waals surface area (Å²) in [6.07, 6.45) is 6.08. The molecule has 98 valence electrons. The van der Waals surface area contributed by atoms with Gasteiger partial charge in [0.15, 0.2) is 11.5 Å². The van der Waals surface area contributed by atoms with Crippen LogP contribution in [0.3, 0.4) is 0 Å². The average Bonchev–Trinajstić information content (AvgIpc) is 3.03. The number of anilines is 1. The van der Waals surface area contributed by atoms with Crippen molar-refractivity contribution >= 4 is 11.6 Å². The summed E-state index contributed by atoms with van der Waals surface area (Å²) in [7, 11) is 0. The molecular weight excluding hydrogens is 258 g/mol. The number of aromatic nitrogens is 6. The lowest BCUT2D eigenvalue weighted by atomic mass is 10.3. The third kappa shape index (κ3) is 2.48.